The van der Waals surface area contributed by atoms with E-state index < -0.39 is 21.6 Å². The molecule has 1 aromatic heterocycles. The van der Waals surface area contributed by atoms with Gasteiger partial charge in [0.1, 0.15) is 12.4 Å². The van der Waals surface area contributed by atoms with Crippen LogP contribution in [0.1, 0.15) is 15.9 Å². The first-order valence-electron chi connectivity index (χ1n) is 10.3. The molecule has 0 bridgehead atoms. The highest BCUT2D eigenvalue weighted by molar-refractivity contribution is 7.90. The number of nitrogens with zero attached hydrogens (tertiary/aromatic N) is 1. The molecule has 1 N–H and O–H groups in total. The van der Waals surface area contributed by atoms with Crippen molar-refractivity contribution in [3.05, 3.63) is 95.9 Å². The number of para-hydroxylation sites is 1. The number of hydrogen-bond donors (Lipinski definition) is 1. The van der Waals surface area contributed by atoms with E-state index in [1.54, 1.807) is 47.0 Å². The van der Waals surface area contributed by atoms with Crippen LogP contribution in [-0.4, -0.2) is 32.0 Å². The molecule has 0 radical (unpaired) electrons. The number of rotatable bonds is 7. The normalized spacial score (nSPS) is 11.4. The lowest BCUT2D eigenvalue weighted by Gasteiger charge is -2.08. The van der Waals surface area contributed by atoms with Gasteiger partial charge in [-0.15, -0.1) is 0 Å². The van der Waals surface area contributed by atoms with Crippen molar-refractivity contribution >= 4 is 38.3 Å². The summed E-state index contributed by atoms with van der Waals surface area (Å²) in [6.45, 7) is -0.130. The Morgan fingerprint density at radius 2 is 1.74 bits per heavy atom. The van der Waals surface area contributed by atoms with Crippen LogP contribution in [0.5, 0.6) is 0 Å². The maximum absolute atomic E-state index is 13.5. The first-order valence-corrected chi connectivity index (χ1v) is 12.0. The number of nitrogens with one attached hydrogen (secondary N) is 1. The van der Waals surface area contributed by atoms with E-state index in [-0.39, 0.29) is 23.1 Å². The molecule has 0 saturated carbocycles. The van der Waals surface area contributed by atoms with Crippen molar-refractivity contribution in [2.45, 2.75) is 17.2 Å². The molecule has 3 aromatic carbocycles. The fraction of sp³-hybridized carbons (Fsp3) is 0.120. The first kappa shape index (κ1) is 23.2. The lowest BCUT2D eigenvalue weighted by atomic mass is 10.2. The molecule has 1 heterocycles. The Bertz CT molecular complexity index is 1480. The van der Waals surface area contributed by atoms with Crippen LogP contribution in [0.15, 0.2) is 83.9 Å². The molecule has 0 aliphatic rings. The second kappa shape index (κ2) is 9.48. The average Bonchev–Trinajstić information content (AvgIpc) is 3.18. The summed E-state index contributed by atoms with van der Waals surface area (Å²) in [4.78, 5) is 24.3. The number of anilines is 1. The van der Waals surface area contributed by atoms with E-state index in [4.69, 9.17) is 0 Å². The number of halogens is 1. The van der Waals surface area contributed by atoms with Crippen LogP contribution in [0.4, 0.5) is 10.1 Å². The van der Waals surface area contributed by atoms with Crippen molar-refractivity contribution in [3.8, 4) is 0 Å². The number of esters is 1. The van der Waals surface area contributed by atoms with E-state index >= 15 is 0 Å². The number of methoxy groups -OCH3 is 1. The molecule has 0 fully saturated rings. The number of carbonyl (C=O) groups is 2. The van der Waals surface area contributed by atoms with Gasteiger partial charge < -0.3 is 14.6 Å². The molecule has 0 aliphatic heterocycles. The Morgan fingerprint density at radius 3 is 2.44 bits per heavy atom. The van der Waals surface area contributed by atoms with Gasteiger partial charge in [0.2, 0.25) is 5.91 Å². The number of carbonyl (C=O) groups excluding carboxylic acids is 2. The van der Waals surface area contributed by atoms with Crippen molar-refractivity contribution < 1.29 is 27.1 Å². The second-order valence-electron chi connectivity index (χ2n) is 7.64. The van der Waals surface area contributed by atoms with Gasteiger partial charge in [-0.3, -0.25) is 4.79 Å². The van der Waals surface area contributed by atoms with Gasteiger partial charge in [-0.1, -0.05) is 30.3 Å². The zero-order chi connectivity index (χ0) is 24.3. The van der Waals surface area contributed by atoms with Gasteiger partial charge in [-0.25, -0.2) is 17.6 Å². The van der Waals surface area contributed by atoms with Gasteiger partial charge in [0, 0.05) is 22.8 Å². The Balaban J connectivity index is 1.58. The number of sulfone groups is 1. The zero-order valence-corrected chi connectivity index (χ0v) is 19.0. The van der Waals surface area contributed by atoms with Crippen LogP contribution >= 0.6 is 0 Å². The Hall–Kier alpha value is -3.98. The van der Waals surface area contributed by atoms with Crippen LogP contribution < -0.4 is 5.32 Å². The molecule has 0 saturated heterocycles. The van der Waals surface area contributed by atoms with Crippen LogP contribution in [0.2, 0.25) is 0 Å². The molecule has 0 atom stereocenters. The highest BCUT2D eigenvalue weighted by atomic mass is 32.2. The average molecular weight is 481 g/mol. The standard InChI is InChI=1S/C25H21FN2O5S/c1-33-25(30)18-9-11-20(12-10-18)27-24(29)15-28-14-23(21-7-2-3-8-22(21)28)34(31,32)16-17-5-4-6-19(26)13-17/h2-14H,15-16H2,1H3,(H,27,29). The molecular weight excluding hydrogens is 459 g/mol. The fourth-order valence-electron chi connectivity index (χ4n) is 3.68. The number of fused-ring (bicyclic) bond motifs is 1. The summed E-state index contributed by atoms with van der Waals surface area (Å²) in [5.74, 6) is -1.73. The van der Waals surface area contributed by atoms with Crippen LogP contribution in [-0.2, 0) is 31.7 Å². The molecular formula is C25H21FN2O5S. The highest BCUT2D eigenvalue weighted by Gasteiger charge is 2.22. The van der Waals surface area contributed by atoms with Crippen molar-refractivity contribution in [1.82, 2.24) is 4.57 Å². The summed E-state index contributed by atoms with van der Waals surface area (Å²) in [5, 5.41) is 3.21. The molecule has 1 amide bonds. The molecule has 0 spiro atoms. The lowest BCUT2D eigenvalue weighted by molar-refractivity contribution is -0.116. The van der Waals surface area contributed by atoms with Crippen molar-refractivity contribution in [2.24, 2.45) is 0 Å². The number of ether oxygens (including phenoxy) is 1. The van der Waals surface area contributed by atoms with Gasteiger partial charge in [-0.2, -0.15) is 0 Å². The SMILES string of the molecule is COC(=O)c1ccc(NC(=O)Cn2cc(S(=O)(=O)Cc3cccc(F)c3)c3ccccc32)cc1. The second-order valence-corrected chi connectivity index (χ2v) is 9.60. The molecule has 174 valence electrons. The van der Waals surface area contributed by atoms with E-state index in [1.165, 1.54) is 43.6 Å². The van der Waals surface area contributed by atoms with Crippen molar-refractivity contribution in [1.29, 1.82) is 0 Å². The van der Waals surface area contributed by atoms with Crippen molar-refractivity contribution in [2.75, 3.05) is 12.4 Å². The topological polar surface area (TPSA) is 94.5 Å². The van der Waals surface area contributed by atoms with Gasteiger partial charge in [0.05, 0.1) is 23.3 Å². The lowest BCUT2D eigenvalue weighted by Crippen LogP contribution is -2.18. The predicted molar refractivity (Wildman–Crippen MR) is 126 cm³/mol. The maximum atomic E-state index is 13.5. The minimum absolute atomic E-state index is 0.0718. The number of amides is 1. The molecule has 4 rings (SSSR count). The van der Waals surface area contributed by atoms with Gasteiger partial charge in [0.25, 0.3) is 0 Å². The largest absolute Gasteiger partial charge is 0.465 e. The monoisotopic (exact) mass is 480 g/mol. The molecule has 9 heteroatoms. The molecule has 4 aromatic rings. The first-order chi connectivity index (χ1) is 16.3. The molecule has 0 unspecified atom stereocenters. The van der Waals surface area contributed by atoms with E-state index in [0.717, 1.165) is 0 Å². The summed E-state index contributed by atoms with van der Waals surface area (Å²) in [6, 6.07) is 18.6. The van der Waals surface area contributed by atoms with E-state index in [2.05, 4.69) is 10.1 Å². The summed E-state index contributed by atoms with van der Waals surface area (Å²) in [5.41, 5.74) is 1.75. The van der Waals surface area contributed by atoms with Gasteiger partial charge >= 0.3 is 5.97 Å². The van der Waals surface area contributed by atoms with Gasteiger partial charge in [0.15, 0.2) is 9.84 Å². The van der Waals surface area contributed by atoms with Crippen LogP contribution in [0.25, 0.3) is 10.9 Å². The molecule has 0 aliphatic carbocycles. The Kier molecular flexibility index (Phi) is 6.47. The summed E-state index contributed by atoms with van der Waals surface area (Å²) >= 11 is 0. The maximum Gasteiger partial charge on any atom is 0.337 e. The zero-order valence-electron chi connectivity index (χ0n) is 18.2. The smallest absolute Gasteiger partial charge is 0.337 e. The number of benzene rings is 3. The van der Waals surface area contributed by atoms with E-state index in [1.807, 2.05) is 0 Å². The Labute approximate surface area is 195 Å². The third kappa shape index (κ3) is 4.99. The molecule has 7 nitrogen and oxygen atoms in total. The van der Waals surface area contributed by atoms with E-state index in [9.17, 15) is 22.4 Å². The minimum Gasteiger partial charge on any atom is -0.465 e. The number of hydrogen-bond acceptors (Lipinski definition) is 5. The quantitative estimate of drug-likeness (QED) is 0.401. The number of aromatic nitrogens is 1. The summed E-state index contributed by atoms with van der Waals surface area (Å²) in [7, 11) is -2.53. The predicted octanol–water partition coefficient (Wildman–Crippen LogP) is 4.18. The van der Waals surface area contributed by atoms with Crippen LogP contribution in [0.3, 0.4) is 0 Å². The van der Waals surface area contributed by atoms with Crippen molar-refractivity contribution in [3.63, 3.8) is 0 Å². The highest BCUT2D eigenvalue weighted by Crippen LogP contribution is 2.28. The van der Waals surface area contributed by atoms with Crippen LogP contribution in [0, 0.1) is 5.82 Å². The minimum atomic E-state index is -3.81. The third-order valence-electron chi connectivity index (χ3n) is 5.24. The molecule has 34 heavy (non-hydrogen) atoms. The summed E-state index contributed by atoms with van der Waals surface area (Å²) in [6.07, 6.45) is 1.43. The van der Waals surface area contributed by atoms with Gasteiger partial charge in [-0.05, 0) is 48.0 Å². The Morgan fingerprint density at radius 1 is 1.00 bits per heavy atom. The third-order valence-corrected chi connectivity index (χ3v) is 6.95. The summed E-state index contributed by atoms with van der Waals surface area (Å²) < 4.78 is 46.1. The van der Waals surface area contributed by atoms with E-state index in [0.29, 0.717) is 27.7 Å². The fourth-order valence-corrected chi connectivity index (χ4v) is 5.25.